The molecule has 0 aliphatic rings. The van der Waals surface area contributed by atoms with Crippen molar-refractivity contribution in [1.29, 1.82) is 0 Å². The van der Waals surface area contributed by atoms with E-state index < -0.39 is 5.91 Å². The van der Waals surface area contributed by atoms with Crippen LogP contribution in [-0.2, 0) is 24.4 Å². The predicted molar refractivity (Wildman–Crippen MR) is 143 cm³/mol. The van der Waals surface area contributed by atoms with Crippen molar-refractivity contribution in [3.8, 4) is 11.5 Å². The summed E-state index contributed by atoms with van der Waals surface area (Å²) in [7, 11) is 1.52. The number of benzene rings is 2. The number of methoxy groups -OCH3 is 1. The topological polar surface area (TPSA) is 94.8 Å². The highest BCUT2D eigenvalue weighted by atomic mass is 35.5. The van der Waals surface area contributed by atoms with Crippen molar-refractivity contribution < 1.29 is 14.3 Å². The first-order valence-corrected chi connectivity index (χ1v) is 12.5. The number of hydrogen-bond donors (Lipinski definition) is 1. The molecule has 0 aliphatic carbocycles. The monoisotopic (exact) mass is 544 g/mol. The Morgan fingerprint density at radius 2 is 1.97 bits per heavy atom. The molecule has 0 atom stereocenters. The minimum Gasteiger partial charge on any atom is -0.493 e. The van der Waals surface area contributed by atoms with Gasteiger partial charge < -0.3 is 9.47 Å². The summed E-state index contributed by atoms with van der Waals surface area (Å²) in [4.78, 5) is 31.0. The maximum atomic E-state index is 12.6. The maximum absolute atomic E-state index is 12.6. The van der Waals surface area contributed by atoms with Crippen molar-refractivity contribution in [2.45, 2.75) is 26.5 Å². The minimum atomic E-state index is -0.455. The van der Waals surface area contributed by atoms with Crippen LogP contribution in [0.3, 0.4) is 0 Å². The molecule has 8 nitrogen and oxygen atoms in total. The Morgan fingerprint density at radius 3 is 2.69 bits per heavy atom. The van der Waals surface area contributed by atoms with Gasteiger partial charge in [-0.15, -0.1) is 11.3 Å². The Morgan fingerprint density at radius 1 is 1.19 bits per heavy atom. The van der Waals surface area contributed by atoms with Gasteiger partial charge >= 0.3 is 0 Å². The molecule has 0 saturated carbocycles. The second-order valence-corrected chi connectivity index (χ2v) is 9.58. The van der Waals surface area contributed by atoms with Crippen LogP contribution in [0.15, 0.2) is 58.7 Å². The first-order valence-electron chi connectivity index (χ1n) is 10.9. The normalized spacial score (nSPS) is 11.2. The number of nitrogens with zero attached hydrogens (tertiary/aromatic N) is 3. The lowest BCUT2D eigenvalue weighted by Crippen LogP contribution is -2.29. The van der Waals surface area contributed by atoms with E-state index in [-0.39, 0.29) is 18.7 Å². The van der Waals surface area contributed by atoms with Crippen LogP contribution < -0.4 is 20.5 Å². The van der Waals surface area contributed by atoms with Crippen LogP contribution in [0.4, 0.5) is 0 Å². The summed E-state index contributed by atoms with van der Waals surface area (Å²) >= 11 is 13.9. The Labute approximate surface area is 221 Å². The number of thiophene rings is 1. The Hall–Kier alpha value is -3.40. The van der Waals surface area contributed by atoms with Gasteiger partial charge in [-0.1, -0.05) is 36.2 Å². The third-order valence-corrected chi connectivity index (χ3v) is 7.15. The lowest BCUT2D eigenvalue weighted by molar-refractivity contribution is -0.121. The second-order valence-electron chi connectivity index (χ2n) is 7.66. The average Bonchev–Trinajstić information content (AvgIpc) is 3.30. The average molecular weight is 545 g/mol. The number of carbonyl (C=O) groups excluding carboxylic acids is 1. The van der Waals surface area contributed by atoms with Crippen LogP contribution in [0.2, 0.25) is 10.0 Å². The second kappa shape index (κ2) is 11.6. The highest BCUT2D eigenvalue weighted by molar-refractivity contribution is 7.18. The van der Waals surface area contributed by atoms with Gasteiger partial charge in [0.05, 0.1) is 25.0 Å². The molecule has 36 heavy (non-hydrogen) atoms. The fourth-order valence-corrected chi connectivity index (χ4v) is 4.80. The van der Waals surface area contributed by atoms with Crippen molar-refractivity contribution in [1.82, 2.24) is 15.0 Å². The van der Waals surface area contributed by atoms with Gasteiger partial charge in [-0.3, -0.25) is 14.2 Å². The number of aromatic nitrogens is 2. The number of hydrazone groups is 1. The highest BCUT2D eigenvalue weighted by Crippen LogP contribution is 2.31. The summed E-state index contributed by atoms with van der Waals surface area (Å²) in [6.45, 7) is 1.99. The van der Waals surface area contributed by atoms with Crippen molar-refractivity contribution in [2.75, 3.05) is 7.11 Å². The molecular weight excluding hydrogens is 523 g/mol. The quantitative estimate of drug-likeness (QED) is 0.234. The zero-order valence-corrected chi connectivity index (χ0v) is 21.8. The van der Waals surface area contributed by atoms with Gasteiger partial charge in [0.1, 0.15) is 18.0 Å². The van der Waals surface area contributed by atoms with Gasteiger partial charge in [0.2, 0.25) is 0 Å². The van der Waals surface area contributed by atoms with E-state index in [1.54, 1.807) is 36.4 Å². The zero-order valence-electron chi connectivity index (χ0n) is 19.5. The van der Waals surface area contributed by atoms with E-state index in [1.165, 1.54) is 35.6 Å². The lowest BCUT2D eigenvalue weighted by Gasteiger charge is -2.13. The molecule has 2 heterocycles. The SMILES string of the molecule is CCc1cc2c(=O)n(CC(=O)NN=Cc3ccc(OCc4c(Cl)cccc4Cl)c(OC)c3)cnc2s1. The minimum absolute atomic E-state index is 0.170. The molecule has 186 valence electrons. The molecule has 0 aliphatic heterocycles. The molecule has 11 heteroatoms. The van der Waals surface area contributed by atoms with Crippen molar-refractivity contribution in [3.63, 3.8) is 0 Å². The molecule has 0 saturated heterocycles. The standard InChI is InChI=1S/C25H22Cl2N4O4S/c1-3-16-10-17-24(36-16)28-14-31(25(17)33)12-23(32)30-29-11-15-7-8-21(22(9-15)34-2)35-13-18-19(26)5-4-6-20(18)27/h4-11,14H,3,12-13H2,1-2H3,(H,30,32). The number of carbonyl (C=O) groups is 1. The molecule has 2 aromatic heterocycles. The van der Waals surface area contributed by atoms with Crippen LogP contribution in [0.1, 0.15) is 22.9 Å². The first-order chi connectivity index (χ1) is 17.4. The number of ether oxygens (including phenoxy) is 2. The molecule has 4 aromatic rings. The molecule has 0 spiro atoms. The fourth-order valence-electron chi connectivity index (χ4n) is 3.37. The van der Waals surface area contributed by atoms with E-state index in [0.717, 1.165) is 11.3 Å². The van der Waals surface area contributed by atoms with Crippen LogP contribution >= 0.6 is 34.5 Å². The van der Waals surface area contributed by atoms with Crippen LogP contribution in [0, 0.1) is 0 Å². The first kappa shape index (κ1) is 25.7. The molecule has 0 unspecified atom stereocenters. The largest absolute Gasteiger partial charge is 0.493 e. The molecular formula is C25H22Cl2N4O4S. The number of fused-ring (bicyclic) bond motifs is 1. The lowest BCUT2D eigenvalue weighted by atomic mass is 10.2. The number of rotatable bonds is 9. The van der Waals surface area contributed by atoms with E-state index in [1.807, 2.05) is 13.0 Å². The third kappa shape index (κ3) is 5.87. The Bertz CT molecular complexity index is 1480. The van der Waals surface area contributed by atoms with Crippen LogP contribution in [-0.4, -0.2) is 28.8 Å². The molecule has 0 bridgehead atoms. The summed E-state index contributed by atoms with van der Waals surface area (Å²) in [5.74, 6) is 0.516. The number of amides is 1. The smallest absolute Gasteiger partial charge is 0.262 e. The van der Waals surface area contributed by atoms with Gasteiger partial charge in [-0.05, 0) is 48.4 Å². The molecule has 1 N–H and O–H groups in total. The summed E-state index contributed by atoms with van der Waals surface area (Å²) in [6, 6.07) is 12.3. The van der Waals surface area contributed by atoms with Crippen molar-refractivity contribution in [3.05, 3.63) is 85.2 Å². The van der Waals surface area contributed by atoms with E-state index in [9.17, 15) is 9.59 Å². The van der Waals surface area contributed by atoms with E-state index in [4.69, 9.17) is 32.7 Å². The van der Waals surface area contributed by atoms with Gasteiger partial charge in [0.15, 0.2) is 11.5 Å². The zero-order chi connectivity index (χ0) is 25.7. The third-order valence-electron chi connectivity index (χ3n) is 5.26. The van der Waals surface area contributed by atoms with Crippen LogP contribution in [0.5, 0.6) is 11.5 Å². The summed E-state index contributed by atoms with van der Waals surface area (Å²) in [5, 5.41) is 5.52. The molecule has 2 aromatic carbocycles. The molecule has 1 amide bonds. The number of aryl methyl sites for hydroxylation is 1. The van der Waals surface area contributed by atoms with E-state index >= 15 is 0 Å². The van der Waals surface area contributed by atoms with E-state index in [0.29, 0.717) is 42.9 Å². The summed E-state index contributed by atoms with van der Waals surface area (Å²) in [6.07, 6.45) is 3.67. The van der Waals surface area contributed by atoms with Crippen molar-refractivity contribution in [2.24, 2.45) is 5.10 Å². The number of hydrogen-bond acceptors (Lipinski definition) is 7. The Kier molecular flexibility index (Phi) is 8.25. The molecule has 0 fully saturated rings. The van der Waals surface area contributed by atoms with Crippen molar-refractivity contribution >= 4 is 56.9 Å². The highest BCUT2D eigenvalue weighted by Gasteiger charge is 2.12. The van der Waals surface area contributed by atoms with Gasteiger partial charge in [-0.25, -0.2) is 10.4 Å². The summed E-state index contributed by atoms with van der Waals surface area (Å²) in [5.41, 5.74) is 3.51. The molecule has 0 radical (unpaired) electrons. The Balaban J connectivity index is 1.38. The predicted octanol–water partition coefficient (Wildman–Crippen LogP) is 5.07. The number of nitrogens with one attached hydrogen (secondary N) is 1. The van der Waals surface area contributed by atoms with Gasteiger partial charge in [0, 0.05) is 20.5 Å². The molecule has 4 rings (SSSR count). The maximum Gasteiger partial charge on any atom is 0.262 e. The van der Waals surface area contributed by atoms with E-state index in [2.05, 4.69) is 15.5 Å². The van der Waals surface area contributed by atoms with Gasteiger partial charge in [-0.2, -0.15) is 5.10 Å². The van der Waals surface area contributed by atoms with Gasteiger partial charge in [0.25, 0.3) is 11.5 Å². The fraction of sp³-hybridized carbons (Fsp3) is 0.200. The summed E-state index contributed by atoms with van der Waals surface area (Å²) < 4.78 is 12.5. The number of halogens is 2. The van der Waals surface area contributed by atoms with Crippen LogP contribution in [0.25, 0.3) is 10.2 Å².